The Morgan fingerprint density at radius 1 is 1.31 bits per heavy atom. The van der Waals surface area contributed by atoms with Crippen molar-refractivity contribution < 1.29 is 9.47 Å². The van der Waals surface area contributed by atoms with E-state index in [0.717, 1.165) is 18.8 Å². The Bertz CT molecular complexity index is 199. The van der Waals surface area contributed by atoms with Gasteiger partial charge in [-0.05, 0) is 31.7 Å². The number of nitrogens with one attached hydrogen (secondary N) is 1. The summed E-state index contributed by atoms with van der Waals surface area (Å²) in [7, 11) is 0. The molecule has 0 aromatic heterocycles. The van der Waals surface area contributed by atoms with Gasteiger partial charge < -0.3 is 14.8 Å². The molecule has 0 aliphatic carbocycles. The van der Waals surface area contributed by atoms with E-state index in [1.165, 1.54) is 0 Å². The summed E-state index contributed by atoms with van der Waals surface area (Å²) in [5, 5.41) is 3.00. The maximum absolute atomic E-state index is 5.48. The van der Waals surface area contributed by atoms with Gasteiger partial charge in [0.25, 0.3) is 6.23 Å². The van der Waals surface area contributed by atoms with Gasteiger partial charge in [-0.3, -0.25) is 0 Å². The van der Waals surface area contributed by atoms with Gasteiger partial charge >= 0.3 is 0 Å². The second kappa shape index (κ2) is 5.65. The van der Waals surface area contributed by atoms with Crippen LogP contribution in [-0.2, 0) is 9.47 Å². The van der Waals surface area contributed by atoms with Crippen LogP contribution in [0.4, 0.5) is 0 Å². The van der Waals surface area contributed by atoms with E-state index in [-0.39, 0.29) is 0 Å². The summed E-state index contributed by atoms with van der Waals surface area (Å²) in [4.78, 5) is 0. The third-order valence-corrected chi connectivity index (χ3v) is 1.53. The van der Waals surface area contributed by atoms with Crippen molar-refractivity contribution in [1.82, 2.24) is 5.32 Å². The summed E-state index contributed by atoms with van der Waals surface area (Å²) >= 11 is 0. The van der Waals surface area contributed by atoms with Crippen molar-refractivity contribution >= 4 is 0 Å². The van der Waals surface area contributed by atoms with Gasteiger partial charge in [0, 0.05) is 6.61 Å². The van der Waals surface area contributed by atoms with Crippen LogP contribution in [0.3, 0.4) is 0 Å². The van der Waals surface area contributed by atoms with Crippen molar-refractivity contribution in [1.29, 1.82) is 0 Å². The van der Waals surface area contributed by atoms with Crippen LogP contribution in [0.25, 0.3) is 0 Å². The van der Waals surface area contributed by atoms with Crippen LogP contribution in [-0.4, -0.2) is 13.2 Å². The summed E-state index contributed by atoms with van der Waals surface area (Å²) in [6, 6.07) is 0. The van der Waals surface area contributed by atoms with E-state index >= 15 is 0 Å². The van der Waals surface area contributed by atoms with Gasteiger partial charge in [0.15, 0.2) is 5.76 Å². The van der Waals surface area contributed by atoms with Gasteiger partial charge in [0.05, 0.1) is 6.61 Å². The summed E-state index contributed by atoms with van der Waals surface area (Å²) in [5.74, 6) is 0.784. The van der Waals surface area contributed by atoms with Crippen LogP contribution in [0.15, 0.2) is 24.1 Å². The van der Waals surface area contributed by atoms with Crippen LogP contribution in [0.2, 0.25) is 0 Å². The predicted molar refractivity (Wildman–Crippen MR) is 51.5 cm³/mol. The Balaban J connectivity index is 2.44. The Morgan fingerprint density at radius 2 is 2.15 bits per heavy atom. The molecule has 0 unspecified atom stereocenters. The molecule has 0 saturated carbocycles. The molecule has 0 bridgehead atoms. The van der Waals surface area contributed by atoms with E-state index in [4.69, 9.17) is 9.47 Å². The first-order valence-electron chi connectivity index (χ1n) is 4.64. The molecular weight excluding hydrogens is 166 g/mol. The third-order valence-electron chi connectivity index (χ3n) is 1.53. The fourth-order valence-electron chi connectivity index (χ4n) is 0.989. The maximum Gasteiger partial charge on any atom is 0.253 e. The van der Waals surface area contributed by atoms with Crippen molar-refractivity contribution in [3.8, 4) is 0 Å². The molecule has 0 saturated heterocycles. The Hall–Kier alpha value is -0.960. The topological polar surface area (TPSA) is 30.5 Å². The number of dihydropyridines is 1. The van der Waals surface area contributed by atoms with Gasteiger partial charge in [-0.25, -0.2) is 0 Å². The zero-order chi connectivity index (χ0) is 9.52. The second-order valence-electron chi connectivity index (χ2n) is 2.64. The minimum absolute atomic E-state index is 0.642. The third kappa shape index (κ3) is 3.11. The van der Waals surface area contributed by atoms with Gasteiger partial charge in [-0.15, -0.1) is 0 Å². The predicted octanol–water partition coefficient (Wildman–Crippen LogP) is 1.94. The molecule has 1 radical (unpaired) electrons. The lowest BCUT2D eigenvalue weighted by Gasteiger charge is -2.21. The van der Waals surface area contributed by atoms with Crippen LogP contribution in [0.1, 0.15) is 20.3 Å². The molecule has 73 valence electrons. The number of rotatable bonds is 5. The van der Waals surface area contributed by atoms with Crippen molar-refractivity contribution in [3.05, 3.63) is 30.3 Å². The SMILES string of the molecule is CCCOC1=CC=CN[C]1OCC. The van der Waals surface area contributed by atoms with Gasteiger partial charge in [-0.2, -0.15) is 0 Å². The highest BCUT2D eigenvalue weighted by Gasteiger charge is 2.17. The highest BCUT2D eigenvalue weighted by atomic mass is 16.5. The fourth-order valence-corrected chi connectivity index (χ4v) is 0.989. The molecule has 1 aliphatic heterocycles. The molecule has 13 heavy (non-hydrogen) atoms. The van der Waals surface area contributed by atoms with Crippen molar-refractivity contribution in [3.63, 3.8) is 0 Å². The summed E-state index contributed by atoms with van der Waals surface area (Å²) in [5.41, 5.74) is 0. The summed E-state index contributed by atoms with van der Waals surface area (Å²) < 4.78 is 10.8. The first kappa shape index (κ1) is 10.1. The zero-order valence-electron chi connectivity index (χ0n) is 8.17. The minimum Gasteiger partial charge on any atom is -0.493 e. The van der Waals surface area contributed by atoms with E-state index in [2.05, 4.69) is 12.2 Å². The molecule has 1 aliphatic rings. The summed E-state index contributed by atoms with van der Waals surface area (Å²) in [6.45, 7) is 5.39. The molecule has 0 spiro atoms. The average Bonchev–Trinajstić information content (AvgIpc) is 2.17. The smallest absolute Gasteiger partial charge is 0.253 e. The fraction of sp³-hybridized carbons (Fsp3) is 0.500. The lowest BCUT2D eigenvalue weighted by Crippen LogP contribution is -2.24. The molecule has 1 heterocycles. The Morgan fingerprint density at radius 3 is 2.85 bits per heavy atom. The first-order valence-corrected chi connectivity index (χ1v) is 4.64. The number of hydrogen-bond acceptors (Lipinski definition) is 3. The van der Waals surface area contributed by atoms with Crippen LogP contribution >= 0.6 is 0 Å². The van der Waals surface area contributed by atoms with Gasteiger partial charge in [-0.1, -0.05) is 6.92 Å². The van der Waals surface area contributed by atoms with Crippen LogP contribution in [0, 0.1) is 6.23 Å². The van der Waals surface area contributed by atoms with Crippen molar-refractivity contribution in [2.75, 3.05) is 13.2 Å². The van der Waals surface area contributed by atoms with Gasteiger partial charge in [0.1, 0.15) is 0 Å². The molecule has 0 aromatic rings. The Kier molecular flexibility index (Phi) is 4.40. The quantitative estimate of drug-likeness (QED) is 0.704. The lowest BCUT2D eigenvalue weighted by molar-refractivity contribution is 0.0953. The molecule has 0 fully saturated rings. The number of hydrogen-bond donors (Lipinski definition) is 1. The second-order valence-corrected chi connectivity index (χ2v) is 2.64. The Labute approximate surface area is 79.4 Å². The molecule has 3 heteroatoms. The first-order chi connectivity index (χ1) is 6.38. The minimum atomic E-state index is 0.642. The number of ether oxygens (including phenoxy) is 2. The van der Waals surface area contributed by atoms with Crippen molar-refractivity contribution in [2.45, 2.75) is 20.3 Å². The van der Waals surface area contributed by atoms with Gasteiger partial charge in [0.2, 0.25) is 0 Å². The molecule has 3 nitrogen and oxygen atoms in total. The molecular formula is C10H16NO2. The van der Waals surface area contributed by atoms with E-state index in [1.807, 2.05) is 25.3 Å². The lowest BCUT2D eigenvalue weighted by atomic mass is 10.3. The molecule has 0 amide bonds. The number of allylic oxidation sites excluding steroid dienone is 2. The van der Waals surface area contributed by atoms with E-state index in [0.29, 0.717) is 12.8 Å². The monoisotopic (exact) mass is 182 g/mol. The molecule has 1 N–H and O–H groups in total. The summed E-state index contributed by atoms with van der Waals surface area (Å²) in [6.07, 6.45) is 7.33. The van der Waals surface area contributed by atoms with E-state index < -0.39 is 0 Å². The van der Waals surface area contributed by atoms with Crippen LogP contribution < -0.4 is 5.32 Å². The largest absolute Gasteiger partial charge is 0.493 e. The van der Waals surface area contributed by atoms with E-state index in [1.54, 1.807) is 0 Å². The standard InChI is InChI=1S/C10H16NO2/c1-3-8-13-9-6-5-7-11-10(9)12-4-2/h5-7,11H,3-4,8H2,1-2H3. The molecule has 0 atom stereocenters. The van der Waals surface area contributed by atoms with Crippen LogP contribution in [0.5, 0.6) is 0 Å². The normalized spacial score (nSPS) is 16.6. The molecule has 1 rings (SSSR count). The highest BCUT2D eigenvalue weighted by Crippen LogP contribution is 2.17. The maximum atomic E-state index is 5.48. The van der Waals surface area contributed by atoms with Crippen molar-refractivity contribution in [2.24, 2.45) is 0 Å². The molecule has 0 aromatic carbocycles. The highest BCUT2D eigenvalue weighted by molar-refractivity contribution is 5.23. The van der Waals surface area contributed by atoms with E-state index in [9.17, 15) is 0 Å². The average molecular weight is 182 g/mol. The zero-order valence-corrected chi connectivity index (χ0v) is 8.17.